The Balaban J connectivity index is 0.00000261. The summed E-state index contributed by atoms with van der Waals surface area (Å²) >= 11 is 3.38. The van der Waals surface area contributed by atoms with Gasteiger partial charge in [-0.15, -0.1) is 24.0 Å². The minimum atomic E-state index is 0. The van der Waals surface area contributed by atoms with Gasteiger partial charge in [-0.2, -0.15) is 10.1 Å². The molecule has 9 nitrogen and oxygen atoms in total. The van der Waals surface area contributed by atoms with E-state index in [1.807, 2.05) is 17.8 Å². The Bertz CT molecular complexity index is 776. The van der Waals surface area contributed by atoms with E-state index in [0.29, 0.717) is 18.4 Å². The average molecular weight is 551 g/mol. The summed E-state index contributed by atoms with van der Waals surface area (Å²) in [6.45, 7) is 4.00. The zero-order valence-electron chi connectivity index (χ0n) is 15.6. The first kappa shape index (κ1) is 21.7. The maximum Gasteiger partial charge on any atom is 0.232 e. The van der Waals surface area contributed by atoms with Crippen LogP contribution in [-0.4, -0.2) is 70.9 Å². The molecule has 3 heterocycles. The number of aromatic nitrogens is 4. The summed E-state index contributed by atoms with van der Waals surface area (Å²) in [5.74, 6) is 2.12. The molecule has 1 N–H and O–H groups in total. The van der Waals surface area contributed by atoms with Gasteiger partial charge in [-0.1, -0.05) is 0 Å². The molecule has 2 aromatic heterocycles. The van der Waals surface area contributed by atoms with E-state index in [1.54, 1.807) is 26.6 Å². The van der Waals surface area contributed by atoms with Crippen molar-refractivity contribution < 1.29 is 4.74 Å². The fourth-order valence-corrected chi connectivity index (χ4v) is 3.19. The van der Waals surface area contributed by atoms with Crippen molar-refractivity contribution in [2.45, 2.75) is 6.54 Å². The average Bonchev–Trinajstić information content (AvgIpc) is 3.08. The molecule has 0 unspecified atom stereocenters. The third kappa shape index (κ3) is 5.21. The lowest BCUT2D eigenvalue weighted by molar-refractivity contribution is 0.365. The largest absolute Gasteiger partial charge is 0.480 e. The van der Waals surface area contributed by atoms with Crippen LogP contribution in [0.1, 0.15) is 5.69 Å². The van der Waals surface area contributed by atoms with Crippen LogP contribution in [-0.2, 0) is 13.6 Å². The molecule has 1 aliphatic rings. The van der Waals surface area contributed by atoms with E-state index in [2.05, 4.69) is 51.1 Å². The maximum absolute atomic E-state index is 5.26. The summed E-state index contributed by atoms with van der Waals surface area (Å²) in [6, 6.07) is 2.00. The van der Waals surface area contributed by atoms with Crippen LogP contribution in [0.15, 0.2) is 27.9 Å². The second kappa shape index (κ2) is 10.1. The van der Waals surface area contributed by atoms with Crippen LogP contribution >= 0.6 is 39.9 Å². The number of rotatable bonds is 4. The lowest BCUT2D eigenvalue weighted by atomic mass is 10.3. The summed E-state index contributed by atoms with van der Waals surface area (Å²) in [7, 11) is 5.35. The Morgan fingerprint density at radius 1 is 1.33 bits per heavy atom. The first-order chi connectivity index (χ1) is 12.6. The zero-order valence-corrected chi connectivity index (χ0v) is 19.5. The number of hydrogen-bond acceptors (Lipinski definition) is 6. The highest BCUT2D eigenvalue weighted by molar-refractivity contribution is 14.0. The molecule has 1 saturated heterocycles. The second-order valence-corrected chi connectivity index (χ2v) is 6.70. The number of aliphatic imine (C=N–C) groups is 1. The SMILES string of the molecule is CN=C(NCc1ccnn1C)N1CCN(c2ncc(Br)c(OC)n2)CC1.I. The van der Waals surface area contributed by atoms with E-state index >= 15 is 0 Å². The fourth-order valence-electron chi connectivity index (χ4n) is 2.83. The molecule has 2 aromatic rings. The summed E-state index contributed by atoms with van der Waals surface area (Å²) in [4.78, 5) is 17.6. The van der Waals surface area contributed by atoms with Crippen LogP contribution in [0.5, 0.6) is 5.88 Å². The van der Waals surface area contributed by atoms with Crippen LogP contribution in [0.25, 0.3) is 0 Å². The molecule has 0 bridgehead atoms. The zero-order chi connectivity index (χ0) is 18.5. The number of hydrogen-bond donors (Lipinski definition) is 1. The Morgan fingerprint density at radius 3 is 2.67 bits per heavy atom. The van der Waals surface area contributed by atoms with Crippen LogP contribution in [0.3, 0.4) is 0 Å². The highest BCUT2D eigenvalue weighted by Gasteiger charge is 2.22. The molecule has 0 atom stereocenters. The summed E-state index contributed by atoms with van der Waals surface area (Å²) in [5.41, 5.74) is 1.11. The van der Waals surface area contributed by atoms with Crippen molar-refractivity contribution in [1.29, 1.82) is 0 Å². The van der Waals surface area contributed by atoms with Gasteiger partial charge in [0.25, 0.3) is 0 Å². The number of halogens is 2. The predicted molar refractivity (Wildman–Crippen MR) is 119 cm³/mol. The number of aryl methyl sites for hydroxylation is 1. The van der Waals surface area contributed by atoms with Gasteiger partial charge >= 0.3 is 0 Å². The normalized spacial score (nSPS) is 14.7. The van der Waals surface area contributed by atoms with Crippen molar-refractivity contribution in [3.05, 3.63) is 28.6 Å². The number of nitrogens with one attached hydrogen (secondary N) is 1. The minimum absolute atomic E-state index is 0. The molecule has 0 saturated carbocycles. The number of piperazine rings is 1. The van der Waals surface area contributed by atoms with Gasteiger partial charge in [-0.25, -0.2) is 4.98 Å². The molecule has 1 aliphatic heterocycles. The molecular weight excluding hydrogens is 527 g/mol. The quantitative estimate of drug-likeness (QED) is 0.351. The van der Waals surface area contributed by atoms with Crippen molar-refractivity contribution >= 4 is 51.8 Å². The monoisotopic (exact) mass is 550 g/mol. The Morgan fingerprint density at radius 2 is 2.07 bits per heavy atom. The molecule has 0 amide bonds. The van der Waals surface area contributed by atoms with Crippen molar-refractivity contribution in [2.24, 2.45) is 12.0 Å². The molecule has 0 spiro atoms. The van der Waals surface area contributed by atoms with Gasteiger partial charge in [0.2, 0.25) is 11.8 Å². The van der Waals surface area contributed by atoms with Crippen molar-refractivity contribution in [3.8, 4) is 5.88 Å². The van der Waals surface area contributed by atoms with Crippen LogP contribution < -0.4 is 15.0 Å². The Labute approximate surface area is 184 Å². The van der Waals surface area contributed by atoms with Crippen LogP contribution in [0.4, 0.5) is 5.95 Å². The van der Waals surface area contributed by atoms with Gasteiger partial charge in [0.1, 0.15) is 0 Å². The van der Waals surface area contributed by atoms with Gasteiger partial charge in [-0.05, 0) is 22.0 Å². The van der Waals surface area contributed by atoms with Gasteiger partial charge in [0.05, 0.1) is 30.0 Å². The van der Waals surface area contributed by atoms with Gasteiger partial charge in [0, 0.05) is 46.5 Å². The lowest BCUT2D eigenvalue weighted by Gasteiger charge is -2.36. The molecule has 1 fully saturated rings. The first-order valence-corrected chi connectivity index (χ1v) is 9.15. The predicted octanol–water partition coefficient (Wildman–Crippen LogP) is 1.50. The summed E-state index contributed by atoms with van der Waals surface area (Å²) < 4.78 is 7.87. The highest BCUT2D eigenvalue weighted by atomic mass is 127. The number of ether oxygens (including phenoxy) is 1. The van der Waals surface area contributed by atoms with E-state index in [0.717, 1.165) is 42.3 Å². The van der Waals surface area contributed by atoms with E-state index in [-0.39, 0.29) is 24.0 Å². The second-order valence-electron chi connectivity index (χ2n) is 5.85. The molecule has 3 rings (SSSR count). The third-order valence-electron chi connectivity index (χ3n) is 4.32. The fraction of sp³-hybridized carbons (Fsp3) is 0.500. The molecule has 0 aromatic carbocycles. The van der Waals surface area contributed by atoms with Crippen LogP contribution in [0, 0.1) is 0 Å². The summed E-state index contributed by atoms with van der Waals surface area (Å²) in [5, 5.41) is 7.59. The van der Waals surface area contributed by atoms with Gasteiger partial charge < -0.3 is 19.9 Å². The van der Waals surface area contributed by atoms with Gasteiger partial charge in [-0.3, -0.25) is 9.67 Å². The molecule has 0 aliphatic carbocycles. The van der Waals surface area contributed by atoms with Crippen LogP contribution in [0.2, 0.25) is 0 Å². The van der Waals surface area contributed by atoms with Crippen molar-refractivity contribution in [3.63, 3.8) is 0 Å². The van der Waals surface area contributed by atoms with Gasteiger partial charge in [0.15, 0.2) is 5.96 Å². The molecule has 27 heavy (non-hydrogen) atoms. The smallest absolute Gasteiger partial charge is 0.232 e. The standard InChI is InChI=1S/C16H23BrN8O.HI/c1-18-15(19-10-12-4-5-21-23(12)2)24-6-8-25(9-7-24)16-20-11-13(17)14(22-16)26-3;/h4-5,11H,6-10H2,1-3H3,(H,18,19);1H. The maximum atomic E-state index is 5.26. The van der Waals surface area contributed by atoms with E-state index in [9.17, 15) is 0 Å². The van der Waals surface area contributed by atoms with E-state index in [1.165, 1.54) is 0 Å². The number of nitrogens with zero attached hydrogens (tertiary/aromatic N) is 7. The third-order valence-corrected chi connectivity index (χ3v) is 4.86. The highest BCUT2D eigenvalue weighted by Crippen LogP contribution is 2.23. The Hall–Kier alpha value is -1.63. The number of guanidine groups is 1. The molecule has 0 radical (unpaired) electrons. The first-order valence-electron chi connectivity index (χ1n) is 8.36. The van der Waals surface area contributed by atoms with E-state index < -0.39 is 0 Å². The molecule has 148 valence electrons. The lowest BCUT2D eigenvalue weighted by Crippen LogP contribution is -2.52. The molecule has 11 heteroatoms. The molecular formula is C16H24BrIN8O. The minimum Gasteiger partial charge on any atom is -0.480 e. The number of methoxy groups -OCH3 is 1. The topological polar surface area (TPSA) is 83.7 Å². The van der Waals surface area contributed by atoms with E-state index in [4.69, 9.17) is 4.74 Å². The number of anilines is 1. The van der Waals surface area contributed by atoms with Crippen molar-refractivity contribution in [2.75, 3.05) is 45.2 Å². The Kier molecular flexibility index (Phi) is 8.07. The van der Waals surface area contributed by atoms with Crippen molar-refractivity contribution in [1.82, 2.24) is 30.0 Å². The summed E-state index contributed by atoms with van der Waals surface area (Å²) in [6.07, 6.45) is 3.52.